The molecule has 2 saturated heterocycles. The highest BCUT2D eigenvalue weighted by atomic mass is 32.1. The molecular weight excluding hydrogens is 428 g/mol. The van der Waals surface area contributed by atoms with E-state index in [-0.39, 0.29) is 5.91 Å². The first-order valence-electron chi connectivity index (χ1n) is 10.8. The van der Waals surface area contributed by atoms with Gasteiger partial charge >= 0.3 is 0 Å². The van der Waals surface area contributed by atoms with Crippen LogP contribution in [0.4, 0.5) is 17.1 Å². The quantitative estimate of drug-likeness (QED) is 0.630. The molecule has 2 aliphatic rings. The molecule has 1 N–H and O–H groups in total. The fourth-order valence-electron chi connectivity index (χ4n) is 3.94. The number of nitrogens with one attached hydrogen (secondary N) is 1. The zero-order chi connectivity index (χ0) is 21.9. The maximum absolute atomic E-state index is 13.0. The molecule has 5 rings (SSSR count). The molecule has 0 atom stereocenters. The summed E-state index contributed by atoms with van der Waals surface area (Å²) in [6.45, 7) is 7.99. The number of carbonyl (C=O) groups is 1. The molecule has 0 bridgehead atoms. The molecule has 168 valence electrons. The molecule has 0 spiro atoms. The van der Waals surface area contributed by atoms with Crippen molar-refractivity contribution in [3.8, 4) is 10.8 Å². The summed E-state index contributed by atoms with van der Waals surface area (Å²) in [5.74, 6) is 1.26. The topological polar surface area (TPSA) is 80.1 Å². The number of nitrogens with zero attached hydrogens (tertiary/aromatic N) is 3. The second-order valence-corrected chi connectivity index (χ2v) is 8.66. The van der Waals surface area contributed by atoms with E-state index < -0.39 is 0 Å². The lowest BCUT2D eigenvalue weighted by atomic mass is 10.1. The Labute approximate surface area is 190 Å². The Bertz CT molecular complexity index is 1080. The molecule has 0 unspecified atom stereocenters. The Hall–Kier alpha value is -2.88. The van der Waals surface area contributed by atoms with Crippen LogP contribution < -0.4 is 15.1 Å². The number of thiazole rings is 1. The fraction of sp³-hybridized carbons (Fsp3) is 0.391. The average molecular weight is 455 g/mol. The van der Waals surface area contributed by atoms with Crippen LogP contribution in [0.15, 0.2) is 40.1 Å². The van der Waals surface area contributed by atoms with Crippen LogP contribution in [0.5, 0.6) is 0 Å². The highest BCUT2D eigenvalue weighted by molar-refractivity contribution is 7.13. The predicted molar refractivity (Wildman–Crippen MR) is 125 cm³/mol. The molecule has 3 aromatic rings. The van der Waals surface area contributed by atoms with Gasteiger partial charge in [0, 0.05) is 37.2 Å². The van der Waals surface area contributed by atoms with Gasteiger partial charge in [-0.1, -0.05) is 0 Å². The SMILES string of the molecule is Cc1ccc(-c2nc(C(=O)Nc3ccc(N4CCOCC4)cc3N3CCOCC3)cs2)o1. The highest BCUT2D eigenvalue weighted by Gasteiger charge is 2.21. The number of ether oxygens (including phenoxy) is 2. The lowest BCUT2D eigenvalue weighted by Gasteiger charge is -2.33. The van der Waals surface area contributed by atoms with E-state index in [1.165, 1.54) is 11.3 Å². The van der Waals surface area contributed by atoms with E-state index in [4.69, 9.17) is 13.9 Å². The third-order valence-corrected chi connectivity index (χ3v) is 6.50. The van der Waals surface area contributed by atoms with Crippen molar-refractivity contribution in [2.75, 3.05) is 67.7 Å². The normalized spacial score (nSPS) is 16.9. The first-order chi connectivity index (χ1) is 15.7. The van der Waals surface area contributed by atoms with Gasteiger partial charge in [0.2, 0.25) is 0 Å². The minimum absolute atomic E-state index is 0.232. The Morgan fingerprint density at radius 3 is 2.41 bits per heavy atom. The van der Waals surface area contributed by atoms with Gasteiger partial charge in [-0.25, -0.2) is 4.98 Å². The van der Waals surface area contributed by atoms with Gasteiger partial charge in [-0.05, 0) is 37.3 Å². The lowest BCUT2D eigenvalue weighted by Crippen LogP contribution is -2.38. The fourth-order valence-corrected chi connectivity index (χ4v) is 4.70. The van der Waals surface area contributed by atoms with Crippen molar-refractivity contribution >= 4 is 34.3 Å². The number of morpholine rings is 2. The molecule has 2 aliphatic heterocycles. The molecule has 9 heteroatoms. The highest BCUT2D eigenvalue weighted by Crippen LogP contribution is 2.33. The van der Waals surface area contributed by atoms with Crippen LogP contribution >= 0.6 is 11.3 Å². The van der Waals surface area contributed by atoms with Crippen LogP contribution in [0, 0.1) is 6.92 Å². The molecule has 2 fully saturated rings. The zero-order valence-corrected chi connectivity index (χ0v) is 18.8. The van der Waals surface area contributed by atoms with Crippen molar-refractivity contribution in [3.05, 3.63) is 47.2 Å². The summed E-state index contributed by atoms with van der Waals surface area (Å²) in [6.07, 6.45) is 0. The first kappa shape index (κ1) is 21.0. The monoisotopic (exact) mass is 454 g/mol. The number of amides is 1. The van der Waals surface area contributed by atoms with Crippen molar-refractivity contribution in [1.29, 1.82) is 0 Å². The number of rotatable bonds is 5. The van der Waals surface area contributed by atoms with E-state index >= 15 is 0 Å². The Morgan fingerprint density at radius 1 is 1.00 bits per heavy atom. The average Bonchev–Trinajstić information content (AvgIpc) is 3.50. The summed E-state index contributed by atoms with van der Waals surface area (Å²) in [6, 6.07) is 9.96. The standard InChI is InChI=1S/C23H26N4O4S/c1-16-2-5-21(31-16)23-25-19(15-32-23)22(28)24-18-4-3-17(26-6-10-29-11-7-26)14-20(18)27-8-12-30-13-9-27/h2-5,14-15H,6-13H2,1H3,(H,24,28). The van der Waals surface area contributed by atoms with Gasteiger partial charge in [-0.15, -0.1) is 11.3 Å². The largest absolute Gasteiger partial charge is 0.459 e. The van der Waals surface area contributed by atoms with Crippen LogP contribution in [-0.2, 0) is 9.47 Å². The number of carbonyl (C=O) groups excluding carboxylic acids is 1. The lowest BCUT2D eigenvalue weighted by molar-refractivity contribution is 0.102. The van der Waals surface area contributed by atoms with Gasteiger partial charge < -0.3 is 29.0 Å². The number of aryl methyl sites for hydroxylation is 1. The number of aromatic nitrogens is 1. The molecule has 4 heterocycles. The number of hydrogen-bond acceptors (Lipinski definition) is 8. The summed E-state index contributed by atoms with van der Waals surface area (Å²) < 4.78 is 16.7. The van der Waals surface area contributed by atoms with Crippen molar-refractivity contribution < 1.29 is 18.7 Å². The van der Waals surface area contributed by atoms with Crippen molar-refractivity contribution in [2.24, 2.45) is 0 Å². The number of anilines is 3. The van der Waals surface area contributed by atoms with Crippen molar-refractivity contribution in [2.45, 2.75) is 6.92 Å². The number of furan rings is 1. The van der Waals surface area contributed by atoms with Crippen LogP contribution in [-0.4, -0.2) is 63.5 Å². The molecule has 8 nitrogen and oxygen atoms in total. The molecule has 2 aromatic heterocycles. The minimum atomic E-state index is -0.232. The van der Waals surface area contributed by atoms with E-state index in [9.17, 15) is 4.79 Å². The molecule has 0 radical (unpaired) electrons. The zero-order valence-electron chi connectivity index (χ0n) is 18.0. The summed E-state index contributed by atoms with van der Waals surface area (Å²) in [7, 11) is 0. The molecule has 1 aromatic carbocycles. The summed E-state index contributed by atoms with van der Waals surface area (Å²) in [5.41, 5.74) is 3.29. The third-order valence-electron chi connectivity index (χ3n) is 5.65. The second kappa shape index (κ2) is 9.32. The van der Waals surface area contributed by atoms with E-state index in [1.54, 1.807) is 5.38 Å². The molecule has 0 saturated carbocycles. The van der Waals surface area contributed by atoms with Crippen molar-refractivity contribution in [1.82, 2.24) is 4.98 Å². The van der Waals surface area contributed by atoms with Crippen LogP contribution in [0.25, 0.3) is 10.8 Å². The van der Waals surface area contributed by atoms with Gasteiger partial charge in [-0.3, -0.25) is 4.79 Å². The number of hydrogen-bond donors (Lipinski definition) is 1. The molecule has 0 aliphatic carbocycles. The first-order valence-corrected chi connectivity index (χ1v) is 11.7. The Balaban J connectivity index is 1.39. The van der Waals surface area contributed by atoms with Crippen molar-refractivity contribution in [3.63, 3.8) is 0 Å². The van der Waals surface area contributed by atoms with Gasteiger partial charge in [0.1, 0.15) is 11.5 Å². The van der Waals surface area contributed by atoms with E-state index in [0.717, 1.165) is 62.2 Å². The molecular formula is C23H26N4O4S. The van der Waals surface area contributed by atoms with Gasteiger partial charge in [0.15, 0.2) is 10.8 Å². The van der Waals surface area contributed by atoms with Crippen LogP contribution in [0.3, 0.4) is 0 Å². The van der Waals surface area contributed by atoms with E-state index in [0.29, 0.717) is 29.7 Å². The Morgan fingerprint density at radius 2 is 1.72 bits per heavy atom. The van der Waals surface area contributed by atoms with E-state index in [1.807, 2.05) is 25.1 Å². The molecule has 1 amide bonds. The van der Waals surface area contributed by atoms with Gasteiger partial charge in [0.25, 0.3) is 5.91 Å². The van der Waals surface area contributed by atoms with Gasteiger partial charge in [-0.2, -0.15) is 0 Å². The number of benzene rings is 1. The Kier molecular flexibility index (Phi) is 6.11. The van der Waals surface area contributed by atoms with E-state index in [2.05, 4.69) is 32.2 Å². The maximum atomic E-state index is 13.0. The maximum Gasteiger partial charge on any atom is 0.275 e. The summed E-state index contributed by atoms with van der Waals surface area (Å²) in [4.78, 5) is 22.1. The molecule has 32 heavy (non-hydrogen) atoms. The third kappa shape index (κ3) is 4.50. The summed E-state index contributed by atoms with van der Waals surface area (Å²) in [5, 5.41) is 5.53. The minimum Gasteiger partial charge on any atom is -0.459 e. The second-order valence-electron chi connectivity index (χ2n) is 7.80. The predicted octanol–water partition coefficient (Wildman–Crippen LogP) is 3.64. The van der Waals surface area contributed by atoms with Crippen LogP contribution in [0.2, 0.25) is 0 Å². The van der Waals surface area contributed by atoms with Gasteiger partial charge in [0.05, 0.1) is 37.8 Å². The van der Waals surface area contributed by atoms with Crippen LogP contribution in [0.1, 0.15) is 16.2 Å². The summed E-state index contributed by atoms with van der Waals surface area (Å²) >= 11 is 1.40. The smallest absolute Gasteiger partial charge is 0.275 e.